The van der Waals surface area contributed by atoms with Crippen LogP contribution in [0.5, 0.6) is 0 Å². The molecule has 0 spiro atoms. The third-order valence-corrected chi connectivity index (χ3v) is 5.11. The first-order chi connectivity index (χ1) is 10.1. The van der Waals surface area contributed by atoms with Crippen molar-refractivity contribution in [3.05, 3.63) is 56.5 Å². The number of fused-ring (bicyclic) bond motifs is 1. The molecular weight excluding hydrogens is 295 g/mol. The lowest BCUT2D eigenvalue weighted by atomic mass is 10.0. The summed E-state index contributed by atoms with van der Waals surface area (Å²) in [6.45, 7) is 2.53. The summed E-state index contributed by atoms with van der Waals surface area (Å²) in [6, 6.07) is 3.22. The van der Waals surface area contributed by atoms with E-state index in [1.165, 1.54) is 10.4 Å². The van der Waals surface area contributed by atoms with Gasteiger partial charge in [-0.1, -0.05) is 6.92 Å². The van der Waals surface area contributed by atoms with E-state index >= 15 is 0 Å². The minimum atomic E-state index is -1.15. The molecule has 1 atom stereocenters. The van der Waals surface area contributed by atoms with Crippen LogP contribution in [0.2, 0.25) is 0 Å². The van der Waals surface area contributed by atoms with Crippen molar-refractivity contribution >= 4 is 11.3 Å². The molecule has 112 valence electrons. The van der Waals surface area contributed by atoms with Crippen molar-refractivity contribution in [2.45, 2.75) is 32.2 Å². The van der Waals surface area contributed by atoms with Crippen molar-refractivity contribution in [2.24, 2.45) is 0 Å². The van der Waals surface area contributed by atoms with Crippen molar-refractivity contribution in [1.82, 2.24) is 5.32 Å². The summed E-state index contributed by atoms with van der Waals surface area (Å²) in [5.41, 5.74) is 1.47. The molecule has 1 aromatic carbocycles. The van der Waals surface area contributed by atoms with Crippen molar-refractivity contribution in [3.63, 3.8) is 0 Å². The van der Waals surface area contributed by atoms with E-state index in [1.807, 2.05) is 6.92 Å². The molecule has 21 heavy (non-hydrogen) atoms. The smallest absolute Gasteiger partial charge is 0.161 e. The second kappa shape index (κ2) is 5.81. The Morgan fingerprint density at radius 3 is 2.57 bits per heavy atom. The predicted octanol–water partition coefficient (Wildman–Crippen LogP) is 4.35. The second-order valence-electron chi connectivity index (χ2n) is 5.23. The van der Waals surface area contributed by atoms with Gasteiger partial charge in [0.15, 0.2) is 11.6 Å². The van der Waals surface area contributed by atoms with Crippen molar-refractivity contribution in [2.75, 3.05) is 6.54 Å². The molecule has 0 aliphatic heterocycles. The van der Waals surface area contributed by atoms with E-state index < -0.39 is 23.5 Å². The Bertz CT molecular complexity index is 644. The van der Waals surface area contributed by atoms with Gasteiger partial charge in [-0.15, -0.1) is 11.3 Å². The van der Waals surface area contributed by atoms with Gasteiger partial charge in [0.2, 0.25) is 0 Å². The first-order valence-corrected chi connectivity index (χ1v) is 7.91. The van der Waals surface area contributed by atoms with Crippen LogP contribution in [0.1, 0.15) is 40.3 Å². The zero-order valence-corrected chi connectivity index (χ0v) is 12.5. The Kier molecular flexibility index (Phi) is 4.04. The van der Waals surface area contributed by atoms with Crippen LogP contribution < -0.4 is 5.32 Å². The highest BCUT2D eigenvalue weighted by molar-refractivity contribution is 7.12. The number of thiophene rings is 1. The number of nitrogens with one attached hydrogen (secondary N) is 1. The van der Waals surface area contributed by atoms with E-state index in [2.05, 4.69) is 11.4 Å². The van der Waals surface area contributed by atoms with Crippen LogP contribution in [0.25, 0.3) is 0 Å². The van der Waals surface area contributed by atoms with Gasteiger partial charge < -0.3 is 5.32 Å². The zero-order chi connectivity index (χ0) is 15.0. The highest BCUT2D eigenvalue weighted by atomic mass is 32.1. The summed E-state index contributed by atoms with van der Waals surface area (Å²) in [6.07, 6.45) is 3.26. The van der Waals surface area contributed by atoms with Gasteiger partial charge in [-0.2, -0.15) is 0 Å². The third-order valence-electron chi connectivity index (χ3n) is 3.81. The zero-order valence-electron chi connectivity index (χ0n) is 11.7. The molecule has 0 amide bonds. The first-order valence-electron chi connectivity index (χ1n) is 7.09. The summed E-state index contributed by atoms with van der Waals surface area (Å²) >= 11 is 1.64. The molecular formula is C16H16F3NS. The third kappa shape index (κ3) is 2.72. The highest BCUT2D eigenvalue weighted by Gasteiger charge is 2.24. The maximum atomic E-state index is 14.1. The van der Waals surface area contributed by atoms with Crippen LogP contribution in [0.3, 0.4) is 0 Å². The molecule has 1 aliphatic carbocycles. The Morgan fingerprint density at radius 1 is 1.10 bits per heavy atom. The summed E-state index contributed by atoms with van der Waals surface area (Å²) in [4.78, 5) is 2.29. The summed E-state index contributed by atoms with van der Waals surface area (Å²) in [5.74, 6) is -2.88. The molecule has 1 N–H and O–H groups in total. The molecule has 1 aliphatic rings. The summed E-state index contributed by atoms with van der Waals surface area (Å²) < 4.78 is 40.6. The quantitative estimate of drug-likeness (QED) is 0.828. The maximum Gasteiger partial charge on any atom is 0.161 e. The number of aryl methyl sites for hydroxylation is 2. The molecule has 0 bridgehead atoms. The largest absolute Gasteiger partial charge is 0.306 e. The van der Waals surface area contributed by atoms with E-state index in [4.69, 9.17) is 0 Å². The van der Waals surface area contributed by atoms with Gasteiger partial charge in [-0.3, -0.25) is 0 Å². The Labute approximate surface area is 125 Å². The van der Waals surface area contributed by atoms with E-state index in [9.17, 15) is 13.2 Å². The molecule has 0 radical (unpaired) electrons. The Morgan fingerprint density at radius 2 is 1.86 bits per heavy atom. The van der Waals surface area contributed by atoms with Crippen LogP contribution in [-0.4, -0.2) is 6.54 Å². The number of hydrogen-bond acceptors (Lipinski definition) is 2. The fraction of sp³-hybridized carbons (Fsp3) is 0.375. The average Bonchev–Trinajstić information content (AvgIpc) is 3.01. The molecule has 1 aromatic heterocycles. The number of rotatable bonds is 4. The molecule has 0 saturated heterocycles. The van der Waals surface area contributed by atoms with Crippen molar-refractivity contribution in [3.8, 4) is 0 Å². The fourth-order valence-corrected chi connectivity index (χ4v) is 4.17. The van der Waals surface area contributed by atoms with Gasteiger partial charge >= 0.3 is 0 Å². The van der Waals surface area contributed by atoms with E-state index in [0.717, 1.165) is 30.2 Å². The molecule has 0 saturated carbocycles. The number of benzene rings is 1. The van der Waals surface area contributed by atoms with Gasteiger partial charge in [-0.05, 0) is 43.5 Å². The van der Waals surface area contributed by atoms with Gasteiger partial charge in [-0.25, -0.2) is 13.2 Å². The normalized spacial score (nSPS) is 15.2. The van der Waals surface area contributed by atoms with Gasteiger partial charge in [0.25, 0.3) is 0 Å². The van der Waals surface area contributed by atoms with Gasteiger partial charge in [0, 0.05) is 21.4 Å². The van der Waals surface area contributed by atoms with Crippen LogP contribution in [0.4, 0.5) is 13.2 Å². The maximum absolute atomic E-state index is 14.1. The number of halogens is 3. The Hall–Kier alpha value is -1.33. The molecule has 2 aromatic rings. The van der Waals surface area contributed by atoms with Crippen molar-refractivity contribution in [1.29, 1.82) is 0 Å². The summed E-state index contributed by atoms with van der Waals surface area (Å²) in [7, 11) is 0. The summed E-state index contributed by atoms with van der Waals surface area (Å²) in [5, 5.41) is 3.17. The monoisotopic (exact) mass is 311 g/mol. The van der Waals surface area contributed by atoms with Crippen molar-refractivity contribution < 1.29 is 13.2 Å². The minimum Gasteiger partial charge on any atom is -0.306 e. The standard InChI is InChI=1S/C16H16F3NS/c1-2-20-16(10-7-12(18)13(19)8-11(10)17)15-6-9-4-3-5-14(9)21-15/h6-8,16,20H,2-5H2,1H3. The van der Waals surface area contributed by atoms with E-state index in [-0.39, 0.29) is 5.56 Å². The Balaban J connectivity index is 2.03. The van der Waals surface area contributed by atoms with E-state index in [0.29, 0.717) is 12.6 Å². The van der Waals surface area contributed by atoms with Crippen LogP contribution in [0, 0.1) is 17.5 Å². The van der Waals surface area contributed by atoms with Gasteiger partial charge in [0.05, 0.1) is 6.04 Å². The topological polar surface area (TPSA) is 12.0 Å². The first kappa shape index (κ1) is 14.6. The molecule has 1 unspecified atom stereocenters. The second-order valence-corrected chi connectivity index (χ2v) is 6.40. The molecule has 1 nitrogen and oxygen atoms in total. The number of hydrogen-bond donors (Lipinski definition) is 1. The fourth-order valence-electron chi connectivity index (χ4n) is 2.82. The van der Waals surface area contributed by atoms with Crippen LogP contribution in [-0.2, 0) is 12.8 Å². The molecule has 0 fully saturated rings. The minimum absolute atomic E-state index is 0.163. The van der Waals surface area contributed by atoms with Crippen LogP contribution >= 0.6 is 11.3 Å². The van der Waals surface area contributed by atoms with Gasteiger partial charge in [0.1, 0.15) is 5.82 Å². The lowest BCUT2D eigenvalue weighted by molar-refractivity contribution is 0.482. The molecule has 1 heterocycles. The highest BCUT2D eigenvalue weighted by Crippen LogP contribution is 2.37. The lowest BCUT2D eigenvalue weighted by Gasteiger charge is -2.18. The van der Waals surface area contributed by atoms with Crippen LogP contribution in [0.15, 0.2) is 18.2 Å². The molecule has 5 heteroatoms. The molecule has 3 rings (SSSR count). The predicted molar refractivity (Wildman–Crippen MR) is 78.2 cm³/mol. The van der Waals surface area contributed by atoms with E-state index in [1.54, 1.807) is 11.3 Å². The SMILES string of the molecule is CCNC(c1cc2c(s1)CCC2)c1cc(F)c(F)cc1F. The lowest BCUT2D eigenvalue weighted by Crippen LogP contribution is -2.22. The average molecular weight is 311 g/mol.